The second-order valence-electron chi connectivity index (χ2n) is 4.47. The molecule has 2 heterocycles. The molecule has 0 aromatic carbocycles. The SMILES string of the molecule is Cn1cc(CCCN=C(N)N2CCSCC2)cn1.I. The molecule has 1 fully saturated rings. The number of nitrogens with two attached hydrogens (primary N) is 1. The van der Waals surface area contributed by atoms with Crippen LogP contribution in [-0.2, 0) is 13.5 Å². The van der Waals surface area contributed by atoms with E-state index in [1.54, 1.807) is 0 Å². The highest BCUT2D eigenvalue weighted by molar-refractivity contribution is 14.0. The van der Waals surface area contributed by atoms with E-state index >= 15 is 0 Å². The maximum Gasteiger partial charge on any atom is 0.191 e. The molecule has 0 spiro atoms. The molecule has 1 aromatic heterocycles. The number of aryl methyl sites for hydroxylation is 2. The number of hydrogen-bond donors (Lipinski definition) is 1. The monoisotopic (exact) mass is 395 g/mol. The normalized spacial score (nSPS) is 16.3. The molecule has 0 amide bonds. The Bertz CT molecular complexity index is 401. The number of guanidine groups is 1. The molecule has 5 nitrogen and oxygen atoms in total. The molecule has 0 saturated carbocycles. The zero-order valence-corrected chi connectivity index (χ0v) is 14.4. The molecule has 1 aliphatic heterocycles. The largest absolute Gasteiger partial charge is 0.370 e. The van der Waals surface area contributed by atoms with E-state index in [4.69, 9.17) is 5.73 Å². The van der Waals surface area contributed by atoms with Gasteiger partial charge in [-0.25, -0.2) is 0 Å². The molecule has 19 heavy (non-hydrogen) atoms. The minimum Gasteiger partial charge on any atom is -0.370 e. The van der Waals surface area contributed by atoms with Gasteiger partial charge in [0.2, 0.25) is 0 Å². The first-order valence-corrected chi connectivity index (χ1v) is 7.51. The molecule has 2 rings (SSSR count). The Hall–Kier alpha value is -0.440. The standard InChI is InChI=1S/C12H21N5S.HI/c1-16-10-11(9-15-16)3-2-4-14-12(13)17-5-7-18-8-6-17;/h9-10H,2-8H2,1H3,(H2,13,14);1H. The summed E-state index contributed by atoms with van der Waals surface area (Å²) in [6.07, 6.45) is 6.00. The van der Waals surface area contributed by atoms with E-state index in [0.717, 1.165) is 44.0 Å². The number of halogens is 1. The third-order valence-corrected chi connectivity index (χ3v) is 3.93. The highest BCUT2D eigenvalue weighted by Gasteiger charge is 2.11. The quantitative estimate of drug-likeness (QED) is 0.362. The maximum absolute atomic E-state index is 5.98. The zero-order valence-electron chi connectivity index (χ0n) is 11.3. The zero-order chi connectivity index (χ0) is 12.8. The fourth-order valence-electron chi connectivity index (χ4n) is 1.97. The molecular weight excluding hydrogens is 373 g/mol. The van der Waals surface area contributed by atoms with Gasteiger partial charge in [-0.05, 0) is 18.4 Å². The summed E-state index contributed by atoms with van der Waals surface area (Å²) in [4.78, 5) is 6.63. The minimum atomic E-state index is 0. The minimum absolute atomic E-state index is 0. The fourth-order valence-corrected chi connectivity index (χ4v) is 2.87. The lowest BCUT2D eigenvalue weighted by Gasteiger charge is -2.27. The summed E-state index contributed by atoms with van der Waals surface area (Å²) in [6.45, 7) is 2.86. The second kappa shape index (κ2) is 8.68. The van der Waals surface area contributed by atoms with Crippen molar-refractivity contribution >= 4 is 41.7 Å². The van der Waals surface area contributed by atoms with Crippen LogP contribution < -0.4 is 5.73 Å². The summed E-state index contributed by atoms with van der Waals surface area (Å²) in [7, 11) is 1.94. The smallest absolute Gasteiger partial charge is 0.191 e. The Morgan fingerprint density at radius 1 is 1.47 bits per heavy atom. The van der Waals surface area contributed by atoms with E-state index in [9.17, 15) is 0 Å². The molecule has 108 valence electrons. The van der Waals surface area contributed by atoms with Gasteiger partial charge in [0.15, 0.2) is 5.96 Å². The third-order valence-electron chi connectivity index (χ3n) is 2.99. The summed E-state index contributed by atoms with van der Waals surface area (Å²) in [5, 5.41) is 4.15. The van der Waals surface area contributed by atoms with Crippen LogP contribution in [0.3, 0.4) is 0 Å². The lowest BCUT2D eigenvalue weighted by molar-refractivity contribution is 0.455. The van der Waals surface area contributed by atoms with E-state index in [1.165, 1.54) is 5.56 Å². The van der Waals surface area contributed by atoms with Crippen LogP contribution in [0.1, 0.15) is 12.0 Å². The Morgan fingerprint density at radius 2 is 2.21 bits per heavy atom. The summed E-state index contributed by atoms with van der Waals surface area (Å²) >= 11 is 1.98. The van der Waals surface area contributed by atoms with Crippen LogP contribution in [0, 0.1) is 0 Å². The molecule has 0 radical (unpaired) electrons. The Balaban J connectivity index is 0.00000180. The van der Waals surface area contributed by atoms with Gasteiger partial charge in [-0.3, -0.25) is 9.67 Å². The van der Waals surface area contributed by atoms with Crippen molar-refractivity contribution in [2.45, 2.75) is 12.8 Å². The van der Waals surface area contributed by atoms with Crippen LogP contribution in [0.5, 0.6) is 0 Å². The Morgan fingerprint density at radius 3 is 2.84 bits per heavy atom. The molecule has 0 bridgehead atoms. The van der Waals surface area contributed by atoms with Crippen LogP contribution in [0.2, 0.25) is 0 Å². The lowest BCUT2D eigenvalue weighted by atomic mass is 10.2. The topological polar surface area (TPSA) is 59.4 Å². The molecule has 0 aliphatic carbocycles. The molecule has 1 saturated heterocycles. The third kappa shape index (κ3) is 5.60. The van der Waals surface area contributed by atoms with E-state index < -0.39 is 0 Å². The van der Waals surface area contributed by atoms with Crippen LogP contribution in [-0.4, -0.2) is 51.8 Å². The Labute approximate surface area is 136 Å². The van der Waals surface area contributed by atoms with Crippen molar-refractivity contribution in [3.63, 3.8) is 0 Å². The number of nitrogens with zero attached hydrogens (tertiary/aromatic N) is 4. The fraction of sp³-hybridized carbons (Fsp3) is 0.667. The van der Waals surface area contributed by atoms with Gasteiger partial charge in [-0.15, -0.1) is 24.0 Å². The first-order chi connectivity index (χ1) is 8.75. The van der Waals surface area contributed by atoms with Gasteiger partial charge in [-0.2, -0.15) is 16.9 Å². The summed E-state index contributed by atoms with van der Waals surface area (Å²) in [5.74, 6) is 3.03. The van der Waals surface area contributed by atoms with Crippen LogP contribution >= 0.6 is 35.7 Å². The number of aliphatic imine (C=N–C) groups is 1. The van der Waals surface area contributed by atoms with E-state index in [1.807, 2.05) is 29.7 Å². The van der Waals surface area contributed by atoms with Crippen LogP contribution in [0.4, 0.5) is 0 Å². The predicted octanol–water partition coefficient (Wildman–Crippen LogP) is 1.33. The molecule has 2 N–H and O–H groups in total. The highest BCUT2D eigenvalue weighted by Crippen LogP contribution is 2.08. The summed E-state index contributed by atoms with van der Waals surface area (Å²) < 4.78 is 1.83. The first-order valence-electron chi connectivity index (χ1n) is 6.36. The van der Waals surface area contributed by atoms with Gasteiger partial charge in [0.05, 0.1) is 6.20 Å². The predicted molar refractivity (Wildman–Crippen MR) is 92.3 cm³/mol. The van der Waals surface area contributed by atoms with Crippen molar-refractivity contribution in [2.24, 2.45) is 17.8 Å². The van der Waals surface area contributed by atoms with Crippen molar-refractivity contribution in [1.82, 2.24) is 14.7 Å². The second-order valence-corrected chi connectivity index (χ2v) is 5.69. The Kier molecular flexibility index (Phi) is 7.59. The average molecular weight is 395 g/mol. The van der Waals surface area contributed by atoms with Gasteiger partial charge in [0.1, 0.15) is 0 Å². The van der Waals surface area contributed by atoms with Gasteiger partial charge in [0, 0.05) is 44.4 Å². The maximum atomic E-state index is 5.98. The lowest BCUT2D eigenvalue weighted by Crippen LogP contribution is -2.42. The molecular formula is C12H22IN5S. The van der Waals surface area contributed by atoms with Crippen molar-refractivity contribution in [3.05, 3.63) is 18.0 Å². The number of rotatable bonds is 4. The van der Waals surface area contributed by atoms with E-state index in [-0.39, 0.29) is 24.0 Å². The average Bonchev–Trinajstić information content (AvgIpc) is 2.81. The van der Waals surface area contributed by atoms with Gasteiger partial charge in [-0.1, -0.05) is 0 Å². The highest BCUT2D eigenvalue weighted by atomic mass is 127. The number of hydrogen-bond acceptors (Lipinski definition) is 3. The first kappa shape index (κ1) is 16.6. The van der Waals surface area contributed by atoms with Crippen molar-refractivity contribution in [2.75, 3.05) is 31.1 Å². The van der Waals surface area contributed by atoms with E-state index in [0.29, 0.717) is 5.96 Å². The molecule has 7 heteroatoms. The summed E-state index contributed by atoms with van der Waals surface area (Å²) in [6, 6.07) is 0. The number of thioether (sulfide) groups is 1. The van der Waals surface area contributed by atoms with Gasteiger partial charge < -0.3 is 10.6 Å². The molecule has 0 atom stereocenters. The van der Waals surface area contributed by atoms with Gasteiger partial charge in [0.25, 0.3) is 0 Å². The van der Waals surface area contributed by atoms with E-state index in [2.05, 4.69) is 21.2 Å². The van der Waals surface area contributed by atoms with Crippen molar-refractivity contribution in [3.8, 4) is 0 Å². The van der Waals surface area contributed by atoms with Crippen molar-refractivity contribution < 1.29 is 0 Å². The molecule has 0 unspecified atom stereocenters. The van der Waals surface area contributed by atoms with Gasteiger partial charge >= 0.3 is 0 Å². The van der Waals surface area contributed by atoms with Crippen LogP contribution in [0.15, 0.2) is 17.4 Å². The van der Waals surface area contributed by atoms with Crippen LogP contribution in [0.25, 0.3) is 0 Å². The summed E-state index contributed by atoms with van der Waals surface area (Å²) in [5.41, 5.74) is 7.25. The number of aromatic nitrogens is 2. The van der Waals surface area contributed by atoms with Crippen molar-refractivity contribution in [1.29, 1.82) is 0 Å². The molecule has 1 aromatic rings. The molecule has 1 aliphatic rings.